The average molecular weight is 353 g/mol. The first-order chi connectivity index (χ1) is 12.6. The van der Waals surface area contributed by atoms with Crippen molar-refractivity contribution in [2.24, 2.45) is 0 Å². The first-order valence-corrected chi connectivity index (χ1v) is 7.94. The highest BCUT2D eigenvalue weighted by atomic mass is 19.1. The number of benzene rings is 2. The highest BCUT2D eigenvalue weighted by Crippen LogP contribution is 2.19. The van der Waals surface area contributed by atoms with Gasteiger partial charge in [-0.25, -0.2) is 4.39 Å². The molecule has 132 valence electrons. The van der Waals surface area contributed by atoms with Gasteiger partial charge in [-0.15, -0.1) is 0 Å². The SMILES string of the molecule is O=C(CNC(=O)c1cc(-c2ccccc2)on1)NCc1ccccc1F. The van der Waals surface area contributed by atoms with Gasteiger partial charge in [-0.2, -0.15) is 0 Å². The molecule has 0 saturated heterocycles. The van der Waals surface area contributed by atoms with E-state index in [9.17, 15) is 14.0 Å². The van der Waals surface area contributed by atoms with Gasteiger partial charge in [0.15, 0.2) is 11.5 Å². The van der Waals surface area contributed by atoms with Gasteiger partial charge in [-0.1, -0.05) is 53.7 Å². The molecule has 26 heavy (non-hydrogen) atoms. The molecule has 3 rings (SSSR count). The summed E-state index contributed by atoms with van der Waals surface area (Å²) in [5.74, 6) is -0.905. The molecule has 0 saturated carbocycles. The van der Waals surface area contributed by atoms with Crippen LogP contribution in [-0.4, -0.2) is 23.5 Å². The molecule has 3 aromatic rings. The van der Waals surface area contributed by atoms with Crippen LogP contribution in [0.3, 0.4) is 0 Å². The Morgan fingerprint density at radius 2 is 1.73 bits per heavy atom. The molecule has 0 bridgehead atoms. The van der Waals surface area contributed by atoms with Crippen molar-refractivity contribution in [3.63, 3.8) is 0 Å². The maximum atomic E-state index is 13.5. The van der Waals surface area contributed by atoms with Crippen LogP contribution in [-0.2, 0) is 11.3 Å². The Kier molecular flexibility index (Phi) is 5.38. The number of aromatic nitrogens is 1. The van der Waals surface area contributed by atoms with Crippen molar-refractivity contribution >= 4 is 11.8 Å². The summed E-state index contributed by atoms with van der Waals surface area (Å²) in [4.78, 5) is 23.8. The second-order valence-corrected chi connectivity index (χ2v) is 5.49. The Morgan fingerprint density at radius 1 is 1.00 bits per heavy atom. The van der Waals surface area contributed by atoms with Gasteiger partial charge in [0, 0.05) is 23.7 Å². The summed E-state index contributed by atoms with van der Waals surface area (Å²) in [5, 5.41) is 8.69. The van der Waals surface area contributed by atoms with Crippen LogP contribution in [0.25, 0.3) is 11.3 Å². The van der Waals surface area contributed by atoms with E-state index >= 15 is 0 Å². The third-order valence-electron chi connectivity index (χ3n) is 3.64. The number of amides is 2. The van der Waals surface area contributed by atoms with Crippen molar-refractivity contribution in [3.8, 4) is 11.3 Å². The zero-order valence-corrected chi connectivity index (χ0v) is 13.7. The lowest BCUT2D eigenvalue weighted by Crippen LogP contribution is -2.36. The maximum absolute atomic E-state index is 13.5. The monoisotopic (exact) mass is 353 g/mol. The van der Waals surface area contributed by atoms with Gasteiger partial charge in [0.25, 0.3) is 5.91 Å². The van der Waals surface area contributed by atoms with E-state index in [4.69, 9.17) is 4.52 Å². The van der Waals surface area contributed by atoms with Gasteiger partial charge >= 0.3 is 0 Å². The fourth-order valence-electron chi connectivity index (χ4n) is 2.27. The van der Waals surface area contributed by atoms with E-state index in [-0.39, 0.29) is 18.8 Å². The molecule has 6 nitrogen and oxygen atoms in total. The zero-order chi connectivity index (χ0) is 18.4. The molecule has 1 heterocycles. The molecule has 2 amide bonds. The number of rotatable bonds is 6. The number of hydrogen-bond acceptors (Lipinski definition) is 4. The lowest BCUT2D eigenvalue weighted by Gasteiger charge is -2.06. The molecule has 0 fully saturated rings. The molecule has 0 spiro atoms. The van der Waals surface area contributed by atoms with E-state index < -0.39 is 17.6 Å². The van der Waals surface area contributed by atoms with Crippen molar-refractivity contribution in [1.29, 1.82) is 0 Å². The minimum Gasteiger partial charge on any atom is -0.355 e. The third kappa shape index (κ3) is 4.32. The van der Waals surface area contributed by atoms with Crippen molar-refractivity contribution in [2.75, 3.05) is 6.54 Å². The lowest BCUT2D eigenvalue weighted by atomic mass is 10.1. The van der Waals surface area contributed by atoms with Crippen molar-refractivity contribution in [2.45, 2.75) is 6.54 Å². The van der Waals surface area contributed by atoms with Crippen LogP contribution in [0.4, 0.5) is 4.39 Å². The van der Waals surface area contributed by atoms with E-state index in [1.807, 2.05) is 30.3 Å². The second kappa shape index (κ2) is 8.06. The Balaban J connectivity index is 1.50. The Bertz CT molecular complexity index is 909. The highest BCUT2D eigenvalue weighted by molar-refractivity contribution is 5.95. The summed E-state index contributed by atoms with van der Waals surface area (Å²) in [6.07, 6.45) is 0. The van der Waals surface area contributed by atoms with Crippen LogP contribution in [0.15, 0.2) is 65.2 Å². The first-order valence-electron chi connectivity index (χ1n) is 7.94. The Hall–Kier alpha value is -3.48. The quantitative estimate of drug-likeness (QED) is 0.713. The van der Waals surface area contributed by atoms with Crippen molar-refractivity contribution < 1.29 is 18.5 Å². The van der Waals surface area contributed by atoms with Crippen LogP contribution >= 0.6 is 0 Å². The van der Waals surface area contributed by atoms with Gasteiger partial charge in [0.2, 0.25) is 5.91 Å². The molecular weight excluding hydrogens is 337 g/mol. The number of nitrogens with one attached hydrogen (secondary N) is 2. The van der Waals surface area contributed by atoms with Crippen LogP contribution in [0.5, 0.6) is 0 Å². The van der Waals surface area contributed by atoms with E-state index in [2.05, 4.69) is 15.8 Å². The van der Waals surface area contributed by atoms with Crippen LogP contribution in [0.1, 0.15) is 16.1 Å². The molecule has 0 atom stereocenters. The van der Waals surface area contributed by atoms with Gasteiger partial charge in [0.05, 0.1) is 6.54 Å². The lowest BCUT2D eigenvalue weighted by molar-refractivity contribution is -0.120. The molecule has 1 aromatic heterocycles. The normalized spacial score (nSPS) is 10.3. The smallest absolute Gasteiger partial charge is 0.273 e. The molecule has 0 aliphatic carbocycles. The summed E-state index contributed by atoms with van der Waals surface area (Å²) >= 11 is 0. The van der Waals surface area contributed by atoms with Gasteiger partial charge in [0.1, 0.15) is 5.82 Å². The summed E-state index contributed by atoms with van der Waals surface area (Å²) in [6.45, 7) is -0.204. The topological polar surface area (TPSA) is 84.2 Å². The minimum absolute atomic E-state index is 0.0451. The maximum Gasteiger partial charge on any atom is 0.273 e. The van der Waals surface area contributed by atoms with Gasteiger partial charge < -0.3 is 15.2 Å². The predicted molar refractivity (Wildman–Crippen MR) is 92.5 cm³/mol. The molecule has 2 aromatic carbocycles. The molecule has 2 N–H and O–H groups in total. The Morgan fingerprint density at radius 3 is 2.50 bits per heavy atom. The summed E-state index contributed by atoms with van der Waals surface area (Å²) < 4.78 is 18.6. The van der Waals surface area contributed by atoms with E-state index in [1.54, 1.807) is 18.2 Å². The fraction of sp³-hybridized carbons (Fsp3) is 0.105. The number of carbonyl (C=O) groups excluding carboxylic acids is 2. The molecular formula is C19H16FN3O3. The zero-order valence-electron chi connectivity index (χ0n) is 13.7. The number of halogens is 1. The largest absolute Gasteiger partial charge is 0.355 e. The van der Waals surface area contributed by atoms with Crippen LogP contribution < -0.4 is 10.6 Å². The van der Waals surface area contributed by atoms with Crippen LogP contribution in [0.2, 0.25) is 0 Å². The number of hydrogen-bond donors (Lipinski definition) is 2. The second-order valence-electron chi connectivity index (χ2n) is 5.49. The summed E-state index contributed by atoms with van der Waals surface area (Å²) in [5.41, 5.74) is 1.24. The van der Waals surface area contributed by atoms with Crippen molar-refractivity contribution in [1.82, 2.24) is 15.8 Å². The van der Waals surface area contributed by atoms with E-state index in [0.717, 1.165) is 5.56 Å². The van der Waals surface area contributed by atoms with Gasteiger partial charge in [-0.3, -0.25) is 9.59 Å². The summed E-state index contributed by atoms with van der Waals surface area (Å²) in [7, 11) is 0. The Labute approximate surface area is 149 Å². The molecule has 0 aliphatic heterocycles. The number of carbonyl (C=O) groups is 2. The van der Waals surface area contributed by atoms with Crippen molar-refractivity contribution in [3.05, 3.63) is 77.7 Å². The summed E-state index contributed by atoms with van der Waals surface area (Å²) in [6, 6.07) is 16.9. The average Bonchev–Trinajstić information content (AvgIpc) is 3.16. The third-order valence-corrected chi connectivity index (χ3v) is 3.64. The van der Waals surface area contributed by atoms with Gasteiger partial charge in [-0.05, 0) is 6.07 Å². The predicted octanol–water partition coefficient (Wildman–Crippen LogP) is 2.53. The highest BCUT2D eigenvalue weighted by Gasteiger charge is 2.14. The number of nitrogens with zero attached hydrogens (tertiary/aromatic N) is 1. The van der Waals surface area contributed by atoms with E-state index in [1.165, 1.54) is 12.1 Å². The van der Waals surface area contributed by atoms with E-state index in [0.29, 0.717) is 11.3 Å². The molecule has 0 radical (unpaired) electrons. The molecule has 0 aliphatic rings. The molecule has 0 unspecified atom stereocenters. The minimum atomic E-state index is -0.531. The first kappa shape index (κ1) is 17.3. The standard InChI is InChI=1S/C19H16FN3O3/c20-15-9-5-4-8-14(15)11-21-18(24)12-22-19(25)16-10-17(26-23-16)13-6-2-1-3-7-13/h1-10H,11-12H2,(H,21,24)(H,22,25). The van der Waals surface area contributed by atoms with Crippen LogP contribution in [0, 0.1) is 5.82 Å². The fourth-order valence-corrected chi connectivity index (χ4v) is 2.27. The molecule has 7 heteroatoms.